The molecular weight excluding hydrogens is 559 g/mol. The van der Waals surface area contributed by atoms with E-state index in [9.17, 15) is 48.0 Å². The van der Waals surface area contributed by atoms with Crippen molar-refractivity contribution >= 4 is 28.9 Å². The Labute approximate surface area is 240 Å². The second-order valence-corrected chi connectivity index (χ2v) is 11.8. The van der Waals surface area contributed by atoms with E-state index in [2.05, 4.69) is 0 Å². The van der Waals surface area contributed by atoms with Crippen LogP contribution in [0.2, 0.25) is 0 Å². The molecule has 0 radical (unpaired) electrons. The third-order valence-electron chi connectivity index (χ3n) is 8.98. The highest BCUT2D eigenvalue weighted by atomic mass is 19.4. The number of aromatic hydroxyl groups is 1. The molecule has 10 nitrogen and oxygen atoms in total. The lowest BCUT2D eigenvalue weighted by atomic mass is 9.57. The number of rotatable bonds is 7. The van der Waals surface area contributed by atoms with E-state index in [1.165, 1.54) is 25.9 Å². The highest BCUT2D eigenvalue weighted by Crippen LogP contribution is 2.54. The number of anilines is 1. The first-order valence-electron chi connectivity index (χ1n) is 13.7. The molecule has 0 spiro atoms. The van der Waals surface area contributed by atoms with Gasteiger partial charge in [-0.05, 0) is 69.3 Å². The summed E-state index contributed by atoms with van der Waals surface area (Å²) in [6, 6.07) is 0.364. The molecule has 1 amide bonds. The average molecular weight is 596 g/mol. The van der Waals surface area contributed by atoms with Crippen molar-refractivity contribution in [2.45, 2.75) is 56.8 Å². The number of phenols is 1. The van der Waals surface area contributed by atoms with Crippen molar-refractivity contribution in [1.29, 1.82) is 0 Å². The molecule has 0 aromatic heterocycles. The standard InChI is InChI=1S/C29H36F3N3O7/c1-6-14(29(30,31)32)8-7-12-11-17(34(2)3)15-9-13-10-16-21(35(4)5)24(38)20(27(33)41)26(40)28(16,42)25(39)18(13)23(37)19(15)22(12)36/h11,13-14,16,21,36-37,40,42H,6-10H2,1-5H3,(H2,33,41). The fourth-order valence-electron chi connectivity index (χ4n) is 6.86. The van der Waals surface area contributed by atoms with Crippen LogP contribution >= 0.6 is 0 Å². The number of ketones is 2. The lowest BCUT2D eigenvalue weighted by molar-refractivity contribution is -0.176. The molecule has 0 bridgehead atoms. The number of likely N-dealkylation sites (N-methyl/N-ethyl adjacent to an activating group) is 1. The summed E-state index contributed by atoms with van der Waals surface area (Å²) in [5.74, 6) is -9.26. The predicted octanol–water partition coefficient (Wildman–Crippen LogP) is 2.55. The minimum absolute atomic E-state index is 0.0646. The van der Waals surface area contributed by atoms with E-state index in [-0.39, 0.29) is 48.8 Å². The zero-order chi connectivity index (χ0) is 31.6. The molecule has 1 aromatic rings. The number of nitrogens with zero attached hydrogens (tertiary/aromatic N) is 2. The number of alkyl halides is 3. The number of aliphatic hydroxyl groups excluding tert-OH is 2. The van der Waals surface area contributed by atoms with Gasteiger partial charge in [0.2, 0.25) is 5.78 Å². The number of nitrogens with two attached hydrogens (primary N) is 1. The largest absolute Gasteiger partial charge is 0.508 e. The van der Waals surface area contributed by atoms with Gasteiger partial charge >= 0.3 is 6.18 Å². The molecule has 0 heterocycles. The minimum atomic E-state index is -4.42. The van der Waals surface area contributed by atoms with Crippen LogP contribution in [-0.2, 0) is 27.2 Å². The van der Waals surface area contributed by atoms with Crippen molar-refractivity contribution in [2.75, 3.05) is 33.1 Å². The molecule has 13 heteroatoms. The third-order valence-corrected chi connectivity index (χ3v) is 8.98. The van der Waals surface area contributed by atoms with Crippen LogP contribution in [0, 0.1) is 17.8 Å². The summed E-state index contributed by atoms with van der Waals surface area (Å²) in [4.78, 5) is 42.4. The van der Waals surface area contributed by atoms with Gasteiger partial charge in [0.1, 0.15) is 22.8 Å². The predicted molar refractivity (Wildman–Crippen MR) is 147 cm³/mol. The molecule has 230 valence electrons. The van der Waals surface area contributed by atoms with Crippen LogP contribution in [0.4, 0.5) is 18.9 Å². The third kappa shape index (κ3) is 4.62. The van der Waals surface area contributed by atoms with Gasteiger partial charge in [0, 0.05) is 31.3 Å². The molecular formula is C29H36F3N3O7. The molecule has 1 aromatic carbocycles. The van der Waals surface area contributed by atoms with Crippen molar-refractivity contribution in [3.63, 3.8) is 0 Å². The van der Waals surface area contributed by atoms with Gasteiger partial charge < -0.3 is 31.1 Å². The van der Waals surface area contributed by atoms with Crippen molar-refractivity contribution < 1.29 is 48.0 Å². The van der Waals surface area contributed by atoms with Crippen molar-refractivity contribution in [3.05, 3.63) is 39.7 Å². The zero-order valence-electron chi connectivity index (χ0n) is 24.0. The van der Waals surface area contributed by atoms with E-state index in [1.54, 1.807) is 25.1 Å². The Morgan fingerprint density at radius 2 is 1.79 bits per heavy atom. The SMILES string of the molecule is CCC(CCc1cc(N(C)C)c2c(c1O)C(O)=C1C(=O)C3(O)C(O)=C(C(N)=O)C(=O)C(N(C)C)C3CC1C2)C(F)(F)F. The number of fused-ring (bicyclic) bond motifs is 3. The van der Waals surface area contributed by atoms with Crippen LogP contribution in [0.5, 0.6) is 5.75 Å². The topological polar surface area (TPSA) is 165 Å². The first kappa shape index (κ1) is 31.4. The Kier molecular flexibility index (Phi) is 7.92. The van der Waals surface area contributed by atoms with E-state index in [1.807, 2.05) is 0 Å². The number of halogens is 3. The zero-order valence-corrected chi connectivity index (χ0v) is 24.0. The number of aryl methyl sites for hydroxylation is 1. The average Bonchev–Trinajstić information content (AvgIpc) is 2.86. The maximum atomic E-state index is 14.0. The van der Waals surface area contributed by atoms with Crippen molar-refractivity contribution in [2.24, 2.45) is 23.5 Å². The molecule has 42 heavy (non-hydrogen) atoms. The lowest BCUT2D eigenvalue weighted by Gasteiger charge is -2.50. The Morgan fingerprint density at radius 1 is 1.17 bits per heavy atom. The van der Waals surface area contributed by atoms with Gasteiger partial charge in [-0.3, -0.25) is 19.3 Å². The molecule has 1 fully saturated rings. The van der Waals surface area contributed by atoms with Gasteiger partial charge in [-0.1, -0.05) is 6.92 Å². The van der Waals surface area contributed by atoms with Crippen LogP contribution in [0.25, 0.3) is 5.76 Å². The van der Waals surface area contributed by atoms with E-state index in [4.69, 9.17) is 5.73 Å². The highest BCUT2D eigenvalue weighted by molar-refractivity contribution is 6.24. The fourth-order valence-corrected chi connectivity index (χ4v) is 6.86. The molecule has 3 aliphatic rings. The van der Waals surface area contributed by atoms with E-state index in [0.717, 1.165) is 0 Å². The summed E-state index contributed by atoms with van der Waals surface area (Å²) in [5.41, 5.74) is 2.28. The molecule has 4 rings (SSSR count). The summed E-state index contributed by atoms with van der Waals surface area (Å²) in [5, 5.41) is 45.4. The van der Waals surface area contributed by atoms with Crippen LogP contribution in [0.1, 0.15) is 42.9 Å². The summed E-state index contributed by atoms with van der Waals surface area (Å²) in [7, 11) is 6.41. The number of benzene rings is 1. The number of hydrogen-bond acceptors (Lipinski definition) is 9. The lowest BCUT2D eigenvalue weighted by Crippen LogP contribution is -2.65. The van der Waals surface area contributed by atoms with Crippen LogP contribution in [-0.4, -0.2) is 88.8 Å². The van der Waals surface area contributed by atoms with Gasteiger partial charge in [-0.25, -0.2) is 0 Å². The van der Waals surface area contributed by atoms with Crippen LogP contribution in [0.15, 0.2) is 23.0 Å². The summed E-state index contributed by atoms with van der Waals surface area (Å²) >= 11 is 0. The Morgan fingerprint density at radius 3 is 2.29 bits per heavy atom. The van der Waals surface area contributed by atoms with Crippen molar-refractivity contribution in [3.8, 4) is 5.75 Å². The van der Waals surface area contributed by atoms with E-state index in [0.29, 0.717) is 11.3 Å². The highest BCUT2D eigenvalue weighted by Gasteiger charge is 2.64. The maximum absolute atomic E-state index is 14.0. The quantitative estimate of drug-likeness (QED) is 0.298. The second-order valence-electron chi connectivity index (χ2n) is 11.8. The Hall–Kier alpha value is -3.58. The van der Waals surface area contributed by atoms with Gasteiger partial charge in [0.05, 0.1) is 17.5 Å². The van der Waals surface area contributed by atoms with E-state index < -0.39 is 75.9 Å². The fraction of sp³-hybridized carbons (Fsp3) is 0.552. The minimum Gasteiger partial charge on any atom is -0.508 e. The second kappa shape index (κ2) is 10.6. The number of phenolic OH excluding ortho intramolecular Hbond substituents is 1. The monoisotopic (exact) mass is 595 g/mol. The van der Waals surface area contributed by atoms with Gasteiger partial charge in [-0.2, -0.15) is 13.2 Å². The molecule has 0 aliphatic heterocycles. The summed E-state index contributed by atoms with van der Waals surface area (Å²) in [6.45, 7) is 1.42. The number of carbonyl (C=O) groups is 3. The number of hydrogen-bond donors (Lipinski definition) is 5. The Bertz CT molecular complexity index is 1420. The van der Waals surface area contributed by atoms with Gasteiger partial charge in [0.15, 0.2) is 11.4 Å². The number of aliphatic hydroxyl groups is 3. The van der Waals surface area contributed by atoms with Crippen LogP contribution in [0.3, 0.4) is 0 Å². The summed E-state index contributed by atoms with van der Waals surface area (Å²) < 4.78 is 40.3. The molecule has 5 atom stereocenters. The number of primary amides is 1. The van der Waals surface area contributed by atoms with Crippen molar-refractivity contribution in [1.82, 2.24) is 4.90 Å². The molecule has 1 saturated carbocycles. The molecule has 0 saturated heterocycles. The maximum Gasteiger partial charge on any atom is 0.391 e. The van der Waals surface area contributed by atoms with E-state index >= 15 is 0 Å². The first-order chi connectivity index (χ1) is 19.4. The normalized spacial score (nSPS) is 26.7. The molecule has 5 unspecified atom stereocenters. The van der Waals surface area contributed by atoms with Crippen LogP contribution < -0.4 is 10.6 Å². The molecule has 3 aliphatic carbocycles. The first-order valence-corrected chi connectivity index (χ1v) is 13.7. The number of Topliss-reactive ketones (excluding diaryl/α,β-unsaturated/α-hetero) is 2. The smallest absolute Gasteiger partial charge is 0.391 e. The number of carbonyl (C=O) groups excluding carboxylic acids is 3. The Balaban J connectivity index is 1.91. The summed E-state index contributed by atoms with van der Waals surface area (Å²) in [6.07, 6.45) is -5.04. The number of amides is 1. The van der Waals surface area contributed by atoms with Gasteiger partial charge in [-0.15, -0.1) is 0 Å². The molecule has 6 N–H and O–H groups in total. The van der Waals surface area contributed by atoms with Gasteiger partial charge in [0.25, 0.3) is 5.91 Å².